The van der Waals surface area contributed by atoms with Crippen LogP contribution < -0.4 is 10.1 Å². The van der Waals surface area contributed by atoms with E-state index in [1.165, 1.54) is 36.4 Å². The largest absolute Gasteiger partial charge is 0.497 e. The average Bonchev–Trinajstić information content (AvgIpc) is 2.77. The SMILES string of the molecule is COc1ccc(S(=O)(=O)N2CCC[C@H](C(=O)NCCSC3CCCCC3)C2)cc1. The van der Waals surface area contributed by atoms with Gasteiger partial charge in [-0.25, -0.2) is 8.42 Å². The number of methoxy groups -OCH3 is 1. The van der Waals surface area contributed by atoms with Crippen molar-refractivity contribution in [2.45, 2.75) is 55.1 Å². The zero-order valence-corrected chi connectivity index (χ0v) is 18.8. The quantitative estimate of drug-likeness (QED) is 0.628. The Morgan fingerprint density at radius 2 is 1.86 bits per heavy atom. The molecule has 1 aliphatic carbocycles. The lowest BCUT2D eigenvalue weighted by Crippen LogP contribution is -2.45. The first-order valence-corrected chi connectivity index (χ1v) is 13.0. The van der Waals surface area contributed by atoms with Crippen molar-refractivity contribution in [3.05, 3.63) is 24.3 Å². The van der Waals surface area contributed by atoms with E-state index >= 15 is 0 Å². The zero-order valence-electron chi connectivity index (χ0n) is 17.1. The van der Waals surface area contributed by atoms with Gasteiger partial charge in [-0.15, -0.1) is 0 Å². The van der Waals surface area contributed by atoms with Gasteiger partial charge in [0.05, 0.1) is 17.9 Å². The predicted octanol–water partition coefficient (Wildman–Crippen LogP) is 3.28. The minimum atomic E-state index is -3.60. The Hall–Kier alpha value is -1.25. The molecule has 29 heavy (non-hydrogen) atoms. The molecule has 0 spiro atoms. The summed E-state index contributed by atoms with van der Waals surface area (Å²) in [5, 5.41) is 3.76. The number of sulfonamides is 1. The molecule has 3 rings (SSSR count). The fourth-order valence-electron chi connectivity index (χ4n) is 4.05. The first-order chi connectivity index (χ1) is 14.0. The molecule has 1 aromatic carbocycles. The monoisotopic (exact) mass is 440 g/mol. The van der Waals surface area contributed by atoms with Crippen LogP contribution in [0.1, 0.15) is 44.9 Å². The maximum atomic E-state index is 12.9. The molecule has 2 fully saturated rings. The number of ether oxygens (including phenoxy) is 1. The van der Waals surface area contributed by atoms with Gasteiger partial charge < -0.3 is 10.1 Å². The van der Waals surface area contributed by atoms with Crippen LogP contribution >= 0.6 is 11.8 Å². The number of amides is 1. The summed E-state index contributed by atoms with van der Waals surface area (Å²) < 4.78 is 32.4. The van der Waals surface area contributed by atoms with Crippen LogP contribution in [-0.2, 0) is 14.8 Å². The molecule has 1 saturated carbocycles. The molecule has 1 N–H and O–H groups in total. The van der Waals surface area contributed by atoms with Gasteiger partial charge in [-0.1, -0.05) is 19.3 Å². The Morgan fingerprint density at radius 3 is 2.55 bits per heavy atom. The number of piperidine rings is 1. The lowest BCUT2D eigenvalue weighted by molar-refractivity contribution is -0.125. The molecule has 1 heterocycles. The molecular formula is C21H32N2O4S2. The van der Waals surface area contributed by atoms with Crippen molar-refractivity contribution in [3.8, 4) is 5.75 Å². The van der Waals surface area contributed by atoms with Crippen LogP contribution in [0.25, 0.3) is 0 Å². The van der Waals surface area contributed by atoms with Crippen molar-refractivity contribution in [3.63, 3.8) is 0 Å². The van der Waals surface area contributed by atoms with E-state index in [4.69, 9.17) is 4.74 Å². The third kappa shape index (κ3) is 6.12. The van der Waals surface area contributed by atoms with Crippen LogP contribution in [0.4, 0.5) is 0 Å². The van der Waals surface area contributed by atoms with E-state index in [2.05, 4.69) is 5.32 Å². The Balaban J connectivity index is 1.49. The number of hydrogen-bond acceptors (Lipinski definition) is 5. The van der Waals surface area contributed by atoms with Crippen molar-refractivity contribution >= 4 is 27.7 Å². The Morgan fingerprint density at radius 1 is 1.14 bits per heavy atom. The van der Waals surface area contributed by atoms with Gasteiger partial charge in [0.2, 0.25) is 15.9 Å². The smallest absolute Gasteiger partial charge is 0.243 e. The van der Waals surface area contributed by atoms with Crippen LogP contribution in [-0.4, -0.2) is 56.4 Å². The number of hydrogen-bond donors (Lipinski definition) is 1. The van der Waals surface area contributed by atoms with Crippen molar-refractivity contribution in [2.75, 3.05) is 32.5 Å². The summed E-state index contributed by atoms with van der Waals surface area (Å²) in [6.07, 6.45) is 8.01. The van der Waals surface area contributed by atoms with Crippen molar-refractivity contribution in [1.29, 1.82) is 0 Å². The standard InChI is InChI=1S/C21H32N2O4S2/c1-27-18-9-11-20(12-10-18)29(25,26)23-14-5-6-17(16-23)21(24)22-13-15-28-19-7-3-2-4-8-19/h9-12,17,19H,2-8,13-16H2,1H3,(H,22,24)/t17-/m0/s1. The molecular weight excluding hydrogens is 408 g/mol. The van der Waals surface area contributed by atoms with E-state index in [0.717, 1.165) is 17.4 Å². The van der Waals surface area contributed by atoms with Crippen molar-refractivity contribution in [1.82, 2.24) is 9.62 Å². The molecule has 1 aromatic rings. The first-order valence-electron chi connectivity index (χ1n) is 10.5. The highest BCUT2D eigenvalue weighted by Crippen LogP contribution is 2.28. The van der Waals surface area contributed by atoms with Gasteiger partial charge in [0.1, 0.15) is 5.75 Å². The van der Waals surface area contributed by atoms with Gasteiger partial charge in [-0.3, -0.25) is 4.79 Å². The number of carbonyl (C=O) groups excluding carboxylic acids is 1. The number of carbonyl (C=O) groups is 1. The number of thioether (sulfide) groups is 1. The molecule has 1 amide bonds. The lowest BCUT2D eigenvalue weighted by atomic mass is 9.99. The highest BCUT2D eigenvalue weighted by atomic mass is 32.2. The highest BCUT2D eigenvalue weighted by molar-refractivity contribution is 7.99. The van der Waals surface area contributed by atoms with Gasteiger partial charge >= 0.3 is 0 Å². The average molecular weight is 441 g/mol. The number of nitrogens with one attached hydrogen (secondary N) is 1. The minimum Gasteiger partial charge on any atom is -0.497 e. The highest BCUT2D eigenvalue weighted by Gasteiger charge is 2.33. The van der Waals surface area contributed by atoms with Crippen molar-refractivity contribution in [2.24, 2.45) is 5.92 Å². The van der Waals surface area contributed by atoms with E-state index in [9.17, 15) is 13.2 Å². The van der Waals surface area contributed by atoms with Gasteiger partial charge in [0, 0.05) is 30.6 Å². The van der Waals surface area contributed by atoms with Crippen LogP contribution in [0.15, 0.2) is 29.2 Å². The molecule has 1 saturated heterocycles. The fraction of sp³-hybridized carbons (Fsp3) is 0.667. The molecule has 6 nitrogen and oxygen atoms in total. The molecule has 0 radical (unpaired) electrons. The fourth-order valence-corrected chi connectivity index (χ4v) is 6.79. The molecule has 8 heteroatoms. The topological polar surface area (TPSA) is 75.7 Å². The Labute approximate surface area is 178 Å². The van der Waals surface area contributed by atoms with Gasteiger partial charge in [0.15, 0.2) is 0 Å². The number of rotatable bonds is 8. The molecule has 0 unspecified atom stereocenters. The minimum absolute atomic E-state index is 0.0242. The molecule has 0 bridgehead atoms. The Bertz CT molecular complexity index is 761. The summed E-state index contributed by atoms with van der Waals surface area (Å²) in [5.74, 6) is 1.24. The van der Waals surface area contributed by atoms with E-state index in [1.807, 2.05) is 11.8 Å². The van der Waals surface area contributed by atoms with E-state index in [1.54, 1.807) is 31.4 Å². The second-order valence-corrected chi connectivity index (χ2v) is 11.1. The second-order valence-electron chi connectivity index (χ2n) is 7.80. The van der Waals surface area contributed by atoms with Gasteiger partial charge in [0.25, 0.3) is 0 Å². The maximum Gasteiger partial charge on any atom is 0.243 e. The summed E-state index contributed by atoms with van der Waals surface area (Å²) in [7, 11) is -2.05. The third-order valence-corrected chi connectivity index (χ3v) is 9.02. The summed E-state index contributed by atoms with van der Waals surface area (Å²) >= 11 is 1.96. The molecule has 1 aliphatic heterocycles. The van der Waals surface area contributed by atoms with E-state index < -0.39 is 10.0 Å². The summed E-state index contributed by atoms with van der Waals surface area (Å²) in [5.41, 5.74) is 0. The Kier molecular flexibility index (Phi) is 8.26. The summed E-state index contributed by atoms with van der Waals surface area (Å²) in [4.78, 5) is 12.8. The third-order valence-electron chi connectivity index (χ3n) is 5.76. The predicted molar refractivity (Wildman–Crippen MR) is 117 cm³/mol. The number of nitrogens with zero attached hydrogens (tertiary/aromatic N) is 1. The van der Waals surface area contributed by atoms with E-state index in [0.29, 0.717) is 25.3 Å². The van der Waals surface area contributed by atoms with Gasteiger partial charge in [-0.2, -0.15) is 16.1 Å². The molecule has 162 valence electrons. The molecule has 0 aromatic heterocycles. The number of benzene rings is 1. The van der Waals surface area contributed by atoms with Crippen LogP contribution in [0, 0.1) is 5.92 Å². The van der Waals surface area contributed by atoms with Crippen LogP contribution in [0.3, 0.4) is 0 Å². The van der Waals surface area contributed by atoms with Crippen LogP contribution in [0.5, 0.6) is 5.75 Å². The molecule has 1 atom stereocenters. The second kappa shape index (κ2) is 10.7. The first kappa shape index (κ1) is 22.4. The van der Waals surface area contributed by atoms with Gasteiger partial charge in [-0.05, 0) is 49.9 Å². The van der Waals surface area contributed by atoms with Crippen LogP contribution in [0.2, 0.25) is 0 Å². The normalized spacial score (nSPS) is 21.6. The van der Waals surface area contributed by atoms with E-state index in [-0.39, 0.29) is 23.3 Å². The maximum absolute atomic E-state index is 12.9. The summed E-state index contributed by atoms with van der Waals surface area (Å²) in [6, 6.07) is 6.40. The summed E-state index contributed by atoms with van der Waals surface area (Å²) in [6.45, 7) is 1.35. The molecule has 2 aliphatic rings. The zero-order chi connectivity index (χ0) is 20.7. The lowest BCUT2D eigenvalue weighted by Gasteiger charge is -2.31. The van der Waals surface area contributed by atoms with Crippen molar-refractivity contribution < 1.29 is 17.9 Å².